The molecule has 0 unspecified atom stereocenters. The van der Waals surface area contributed by atoms with Crippen molar-refractivity contribution in [1.29, 1.82) is 0 Å². The molecule has 2 aromatic rings. The molecule has 0 bridgehead atoms. The van der Waals surface area contributed by atoms with Crippen molar-refractivity contribution in [3.63, 3.8) is 0 Å². The molecule has 0 spiro atoms. The third-order valence-corrected chi connectivity index (χ3v) is 2.32. The van der Waals surface area contributed by atoms with E-state index in [-0.39, 0.29) is 6.10 Å². The maximum atomic E-state index is 11.7. The van der Waals surface area contributed by atoms with Gasteiger partial charge < -0.3 is 10.5 Å². The summed E-state index contributed by atoms with van der Waals surface area (Å²) in [6, 6.07) is 8.84. The summed E-state index contributed by atoms with van der Waals surface area (Å²) in [5, 5.41) is 0.841. The fourth-order valence-electron chi connectivity index (χ4n) is 1.57. The molecule has 0 amide bonds. The second-order valence-corrected chi connectivity index (χ2v) is 4.06. The summed E-state index contributed by atoms with van der Waals surface area (Å²) in [7, 11) is 0. The van der Waals surface area contributed by atoms with Crippen LogP contribution in [0.25, 0.3) is 10.9 Å². The van der Waals surface area contributed by atoms with Crippen LogP contribution in [0.4, 0.5) is 5.69 Å². The van der Waals surface area contributed by atoms with Crippen LogP contribution in [-0.2, 0) is 4.74 Å². The molecule has 2 rings (SSSR count). The number of carbonyl (C=O) groups is 1. The topological polar surface area (TPSA) is 65.2 Å². The Morgan fingerprint density at radius 2 is 2.06 bits per heavy atom. The van der Waals surface area contributed by atoms with Crippen LogP contribution in [0.1, 0.15) is 24.3 Å². The Bertz CT molecular complexity index is 564. The van der Waals surface area contributed by atoms with Crippen LogP contribution in [-0.4, -0.2) is 17.1 Å². The first kappa shape index (κ1) is 11.4. The highest BCUT2D eigenvalue weighted by molar-refractivity contribution is 5.95. The first-order chi connectivity index (χ1) is 8.08. The number of benzene rings is 1. The minimum absolute atomic E-state index is 0.152. The zero-order chi connectivity index (χ0) is 12.4. The molecule has 4 heteroatoms. The van der Waals surface area contributed by atoms with E-state index in [1.165, 1.54) is 0 Å². The number of hydrogen-bond donors (Lipinski definition) is 1. The Kier molecular flexibility index (Phi) is 2.95. The summed E-state index contributed by atoms with van der Waals surface area (Å²) >= 11 is 0. The average Bonchev–Trinajstić information content (AvgIpc) is 2.28. The summed E-state index contributed by atoms with van der Waals surface area (Å²) in [5.41, 5.74) is 7.46. The van der Waals surface area contributed by atoms with Gasteiger partial charge in [0.05, 0.1) is 11.6 Å². The lowest BCUT2D eigenvalue weighted by Gasteiger charge is -2.08. The summed E-state index contributed by atoms with van der Waals surface area (Å²) < 4.78 is 5.08. The summed E-state index contributed by atoms with van der Waals surface area (Å²) in [6.07, 6.45) is -0.152. The minimum atomic E-state index is -0.413. The van der Waals surface area contributed by atoms with Crippen LogP contribution >= 0.6 is 0 Å². The van der Waals surface area contributed by atoms with E-state index < -0.39 is 5.97 Å². The largest absolute Gasteiger partial charge is 0.458 e. The van der Waals surface area contributed by atoms with Gasteiger partial charge in [0.15, 0.2) is 0 Å². The van der Waals surface area contributed by atoms with Crippen LogP contribution in [0, 0.1) is 0 Å². The number of ether oxygens (including phenoxy) is 1. The fraction of sp³-hybridized carbons (Fsp3) is 0.231. The Balaban J connectivity index is 2.42. The lowest BCUT2D eigenvalue weighted by atomic mass is 10.1. The molecule has 0 saturated heterocycles. The van der Waals surface area contributed by atoms with E-state index in [1.807, 2.05) is 12.1 Å². The van der Waals surface area contributed by atoms with Crippen LogP contribution in [0.3, 0.4) is 0 Å². The van der Waals surface area contributed by atoms with Crippen molar-refractivity contribution < 1.29 is 9.53 Å². The Labute approximate surface area is 99.4 Å². The van der Waals surface area contributed by atoms with Gasteiger partial charge in [0, 0.05) is 11.1 Å². The molecule has 1 aromatic carbocycles. The van der Waals surface area contributed by atoms with Gasteiger partial charge in [-0.3, -0.25) is 0 Å². The highest BCUT2D eigenvalue weighted by atomic mass is 16.5. The molecule has 0 saturated carbocycles. The number of aromatic nitrogens is 1. The smallest absolute Gasteiger partial charge is 0.357 e. The molecule has 1 heterocycles. The normalized spacial score (nSPS) is 10.8. The van der Waals surface area contributed by atoms with Gasteiger partial charge in [0.1, 0.15) is 5.69 Å². The minimum Gasteiger partial charge on any atom is -0.458 e. The number of esters is 1. The Morgan fingerprint density at radius 1 is 1.29 bits per heavy atom. The van der Waals surface area contributed by atoms with Crippen LogP contribution in [0.2, 0.25) is 0 Å². The van der Waals surface area contributed by atoms with Crippen LogP contribution in [0.15, 0.2) is 30.3 Å². The van der Waals surface area contributed by atoms with Gasteiger partial charge in [0.2, 0.25) is 0 Å². The predicted octanol–water partition coefficient (Wildman–Crippen LogP) is 2.38. The maximum absolute atomic E-state index is 11.7. The van der Waals surface area contributed by atoms with Gasteiger partial charge in [-0.1, -0.05) is 6.07 Å². The number of nitrogens with zero attached hydrogens (tertiary/aromatic N) is 1. The van der Waals surface area contributed by atoms with Gasteiger partial charge >= 0.3 is 5.97 Å². The molecule has 0 fully saturated rings. The number of fused-ring (bicyclic) bond motifs is 1. The standard InChI is InChI=1S/C13H14N2O2/c1-8(2)17-13(16)12-7-6-9-10(14)4-3-5-11(9)15-12/h3-8H,14H2,1-2H3. The SMILES string of the molecule is CC(C)OC(=O)c1ccc2c(N)cccc2n1. The highest BCUT2D eigenvalue weighted by Gasteiger charge is 2.11. The third-order valence-electron chi connectivity index (χ3n) is 2.32. The second kappa shape index (κ2) is 4.41. The number of anilines is 1. The summed E-state index contributed by atoms with van der Waals surface area (Å²) in [5.74, 6) is -0.413. The lowest BCUT2D eigenvalue weighted by molar-refractivity contribution is 0.0371. The monoisotopic (exact) mass is 230 g/mol. The number of nitrogen functional groups attached to an aromatic ring is 1. The van der Waals surface area contributed by atoms with Crippen molar-refractivity contribution in [3.8, 4) is 0 Å². The molecule has 1 aromatic heterocycles. The number of nitrogens with two attached hydrogens (primary N) is 1. The van der Waals surface area contributed by atoms with Gasteiger partial charge in [-0.15, -0.1) is 0 Å². The molecule has 17 heavy (non-hydrogen) atoms. The van der Waals surface area contributed by atoms with E-state index in [9.17, 15) is 4.79 Å². The fourth-order valence-corrected chi connectivity index (χ4v) is 1.57. The molecule has 0 radical (unpaired) electrons. The molecular formula is C13H14N2O2. The maximum Gasteiger partial charge on any atom is 0.357 e. The van der Waals surface area contributed by atoms with Crippen molar-refractivity contribution >= 4 is 22.6 Å². The Morgan fingerprint density at radius 3 is 2.76 bits per heavy atom. The van der Waals surface area contributed by atoms with E-state index in [0.29, 0.717) is 16.9 Å². The number of rotatable bonds is 2. The van der Waals surface area contributed by atoms with E-state index in [0.717, 1.165) is 5.39 Å². The van der Waals surface area contributed by atoms with Crippen LogP contribution < -0.4 is 5.73 Å². The Hall–Kier alpha value is -2.10. The summed E-state index contributed by atoms with van der Waals surface area (Å²) in [4.78, 5) is 15.9. The third kappa shape index (κ3) is 2.36. The van der Waals surface area contributed by atoms with Gasteiger partial charge in [-0.2, -0.15) is 0 Å². The zero-order valence-electron chi connectivity index (χ0n) is 9.81. The van der Waals surface area contributed by atoms with Gasteiger partial charge in [-0.05, 0) is 38.1 Å². The molecular weight excluding hydrogens is 216 g/mol. The van der Waals surface area contributed by atoms with Crippen molar-refractivity contribution in [1.82, 2.24) is 4.98 Å². The molecule has 2 N–H and O–H groups in total. The number of pyridine rings is 1. The average molecular weight is 230 g/mol. The first-order valence-corrected chi connectivity index (χ1v) is 5.44. The molecule has 0 aliphatic heterocycles. The van der Waals surface area contributed by atoms with E-state index >= 15 is 0 Å². The van der Waals surface area contributed by atoms with Crippen molar-refractivity contribution in [2.24, 2.45) is 0 Å². The summed E-state index contributed by atoms with van der Waals surface area (Å²) in [6.45, 7) is 3.61. The van der Waals surface area contributed by atoms with Crippen molar-refractivity contribution in [2.45, 2.75) is 20.0 Å². The molecule has 0 aliphatic rings. The van der Waals surface area contributed by atoms with E-state index in [1.54, 1.807) is 32.0 Å². The molecule has 4 nitrogen and oxygen atoms in total. The molecule has 0 aliphatic carbocycles. The predicted molar refractivity (Wildman–Crippen MR) is 66.7 cm³/mol. The highest BCUT2D eigenvalue weighted by Crippen LogP contribution is 2.19. The quantitative estimate of drug-likeness (QED) is 0.635. The number of carbonyl (C=O) groups excluding carboxylic acids is 1. The molecule has 0 atom stereocenters. The lowest BCUT2D eigenvalue weighted by Crippen LogP contribution is -2.13. The van der Waals surface area contributed by atoms with Gasteiger partial charge in [0.25, 0.3) is 0 Å². The molecule has 88 valence electrons. The van der Waals surface area contributed by atoms with Crippen molar-refractivity contribution in [2.75, 3.05) is 5.73 Å². The zero-order valence-corrected chi connectivity index (χ0v) is 9.81. The second-order valence-electron chi connectivity index (χ2n) is 4.06. The number of hydrogen-bond acceptors (Lipinski definition) is 4. The van der Waals surface area contributed by atoms with Crippen molar-refractivity contribution in [3.05, 3.63) is 36.0 Å². The first-order valence-electron chi connectivity index (χ1n) is 5.44. The van der Waals surface area contributed by atoms with Crippen LogP contribution in [0.5, 0.6) is 0 Å². The van der Waals surface area contributed by atoms with E-state index in [2.05, 4.69) is 4.98 Å². The van der Waals surface area contributed by atoms with E-state index in [4.69, 9.17) is 10.5 Å². The van der Waals surface area contributed by atoms with Gasteiger partial charge in [-0.25, -0.2) is 9.78 Å².